The number of anilines is 2. The molecule has 2 aromatic carbocycles. The van der Waals surface area contributed by atoms with Gasteiger partial charge in [-0.05, 0) is 42.8 Å². The van der Waals surface area contributed by atoms with Crippen LogP contribution in [0.25, 0.3) is 0 Å². The first-order valence-electron chi connectivity index (χ1n) is 7.56. The summed E-state index contributed by atoms with van der Waals surface area (Å²) in [6.45, 7) is 2.33. The average molecular weight is 363 g/mol. The number of carbonyl (C=O) groups excluding carboxylic acids is 2. The van der Waals surface area contributed by atoms with E-state index >= 15 is 0 Å². The summed E-state index contributed by atoms with van der Waals surface area (Å²) in [5.41, 5.74) is 2.42. The van der Waals surface area contributed by atoms with E-state index in [4.69, 9.17) is 23.2 Å². The van der Waals surface area contributed by atoms with Gasteiger partial charge in [-0.3, -0.25) is 9.59 Å². The van der Waals surface area contributed by atoms with Gasteiger partial charge >= 0.3 is 0 Å². The second kappa shape index (κ2) is 6.83. The molecule has 1 aliphatic heterocycles. The van der Waals surface area contributed by atoms with Crippen molar-refractivity contribution in [3.63, 3.8) is 0 Å². The predicted octanol–water partition coefficient (Wildman–Crippen LogP) is 4.29. The summed E-state index contributed by atoms with van der Waals surface area (Å²) in [5, 5.41) is 3.67. The van der Waals surface area contributed by atoms with Crippen molar-refractivity contribution >= 4 is 46.4 Å². The Kier molecular flexibility index (Phi) is 4.78. The second-order valence-electron chi connectivity index (χ2n) is 5.89. The van der Waals surface area contributed by atoms with E-state index in [1.165, 1.54) is 0 Å². The zero-order chi connectivity index (χ0) is 17.3. The highest BCUT2D eigenvalue weighted by atomic mass is 35.5. The Hall–Kier alpha value is -2.04. The molecule has 2 aromatic rings. The minimum absolute atomic E-state index is 0.0510. The van der Waals surface area contributed by atoms with Crippen LogP contribution >= 0.6 is 23.2 Å². The maximum atomic E-state index is 12.5. The summed E-state index contributed by atoms with van der Waals surface area (Å²) < 4.78 is 0. The van der Waals surface area contributed by atoms with E-state index < -0.39 is 5.92 Å². The lowest BCUT2D eigenvalue weighted by Gasteiger charge is -2.17. The Bertz CT molecular complexity index is 787. The van der Waals surface area contributed by atoms with Crippen LogP contribution in [-0.2, 0) is 9.59 Å². The largest absolute Gasteiger partial charge is 0.326 e. The molecule has 0 saturated carbocycles. The van der Waals surface area contributed by atoms with E-state index in [0.717, 1.165) is 11.3 Å². The standard InChI is InChI=1S/C18H16Cl2N2O2/c1-11-3-2-4-16(5-11)22-10-12(6-17(22)23)18(24)21-15-8-13(19)7-14(20)9-15/h2-5,7-9,12H,6,10H2,1H3,(H,21,24)/t12-/m1/s1. The molecule has 0 aliphatic carbocycles. The summed E-state index contributed by atoms with van der Waals surface area (Å²) in [4.78, 5) is 26.4. The molecule has 0 unspecified atom stereocenters. The second-order valence-corrected chi connectivity index (χ2v) is 6.76. The van der Waals surface area contributed by atoms with Crippen LogP contribution < -0.4 is 10.2 Å². The molecular weight excluding hydrogens is 347 g/mol. The quantitative estimate of drug-likeness (QED) is 0.884. The molecule has 1 saturated heterocycles. The Morgan fingerprint density at radius 2 is 1.88 bits per heavy atom. The highest BCUT2D eigenvalue weighted by molar-refractivity contribution is 6.35. The summed E-state index contributed by atoms with van der Waals surface area (Å²) in [5.74, 6) is -0.669. The van der Waals surface area contributed by atoms with E-state index in [0.29, 0.717) is 22.3 Å². The SMILES string of the molecule is Cc1cccc(N2C[C@H](C(=O)Nc3cc(Cl)cc(Cl)c3)CC2=O)c1. The Morgan fingerprint density at radius 1 is 1.17 bits per heavy atom. The molecule has 0 radical (unpaired) electrons. The number of aryl methyl sites for hydroxylation is 1. The van der Waals surface area contributed by atoms with Crippen LogP contribution in [0.1, 0.15) is 12.0 Å². The summed E-state index contributed by atoms with van der Waals surface area (Å²) in [6, 6.07) is 12.5. The molecule has 3 rings (SSSR count). The first-order valence-corrected chi connectivity index (χ1v) is 8.32. The lowest BCUT2D eigenvalue weighted by Crippen LogP contribution is -2.28. The number of rotatable bonds is 3. The van der Waals surface area contributed by atoms with Crippen LogP contribution in [0.5, 0.6) is 0 Å². The van der Waals surface area contributed by atoms with Crippen LogP contribution in [0.15, 0.2) is 42.5 Å². The highest BCUT2D eigenvalue weighted by Gasteiger charge is 2.35. The summed E-state index contributed by atoms with van der Waals surface area (Å²) in [7, 11) is 0. The Morgan fingerprint density at radius 3 is 2.54 bits per heavy atom. The third-order valence-corrected chi connectivity index (χ3v) is 4.38. The molecule has 24 heavy (non-hydrogen) atoms. The van der Waals surface area contributed by atoms with Crippen molar-refractivity contribution < 1.29 is 9.59 Å². The minimum Gasteiger partial charge on any atom is -0.326 e. The van der Waals surface area contributed by atoms with Crippen molar-refractivity contribution in [2.75, 3.05) is 16.8 Å². The molecule has 1 fully saturated rings. The first-order chi connectivity index (χ1) is 11.4. The van der Waals surface area contributed by atoms with Crippen molar-refractivity contribution in [1.29, 1.82) is 0 Å². The molecule has 1 N–H and O–H groups in total. The molecule has 1 atom stereocenters. The van der Waals surface area contributed by atoms with Crippen molar-refractivity contribution in [2.45, 2.75) is 13.3 Å². The van der Waals surface area contributed by atoms with Gasteiger partial charge in [0.25, 0.3) is 0 Å². The molecule has 1 aliphatic rings. The lowest BCUT2D eigenvalue weighted by molar-refractivity contribution is -0.122. The van der Waals surface area contributed by atoms with Gasteiger partial charge in [0.05, 0.1) is 5.92 Å². The van der Waals surface area contributed by atoms with Crippen LogP contribution in [0.3, 0.4) is 0 Å². The van der Waals surface area contributed by atoms with Gasteiger partial charge < -0.3 is 10.2 Å². The maximum absolute atomic E-state index is 12.5. The fraction of sp³-hybridized carbons (Fsp3) is 0.222. The van der Waals surface area contributed by atoms with Crippen LogP contribution in [-0.4, -0.2) is 18.4 Å². The predicted molar refractivity (Wildman–Crippen MR) is 96.7 cm³/mol. The topological polar surface area (TPSA) is 49.4 Å². The number of nitrogens with one attached hydrogen (secondary N) is 1. The van der Waals surface area contributed by atoms with Gasteiger partial charge in [0.15, 0.2) is 0 Å². The van der Waals surface area contributed by atoms with Crippen LogP contribution in [0, 0.1) is 12.8 Å². The highest BCUT2D eigenvalue weighted by Crippen LogP contribution is 2.28. The van der Waals surface area contributed by atoms with E-state index in [1.54, 1.807) is 23.1 Å². The van der Waals surface area contributed by atoms with Crippen molar-refractivity contribution in [3.8, 4) is 0 Å². The number of amides is 2. The number of halogens is 2. The van der Waals surface area contributed by atoms with Gasteiger partial charge in [0.1, 0.15) is 0 Å². The number of benzene rings is 2. The molecule has 4 nitrogen and oxygen atoms in total. The fourth-order valence-electron chi connectivity index (χ4n) is 2.80. The van der Waals surface area contributed by atoms with E-state index in [2.05, 4.69) is 5.32 Å². The van der Waals surface area contributed by atoms with Crippen LogP contribution in [0.4, 0.5) is 11.4 Å². The molecular formula is C18H16Cl2N2O2. The number of hydrogen-bond acceptors (Lipinski definition) is 2. The zero-order valence-corrected chi connectivity index (χ0v) is 14.6. The van der Waals surface area contributed by atoms with E-state index in [9.17, 15) is 9.59 Å². The third kappa shape index (κ3) is 3.71. The Balaban J connectivity index is 1.72. The lowest BCUT2D eigenvalue weighted by atomic mass is 10.1. The monoisotopic (exact) mass is 362 g/mol. The molecule has 2 amide bonds. The fourth-order valence-corrected chi connectivity index (χ4v) is 3.32. The van der Waals surface area contributed by atoms with E-state index in [-0.39, 0.29) is 18.2 Å². The summed E-state index contributed by atoms with van der Waals surface area (Å²) >= 11 is 11.9. The van der Waals surface area contributed by atoms with Gasteiger partial charge in [-0.25, -0.2) is 0 Å². The maximum Gasteiger partial charge on any atom is 0.229 e. The zero-order valence-electron chi connectivity index (χ0n) is 13.1. The number of carbonyl (C=O) groups is 2. The van der Waals surface area contributed by atoms with E-state index in [1.807, 2.05) is 31.2 Å². The van der Waals surface area contributed by atoms with Crippen molar-refractivity contribution in [3.05, 3.63) is 58.1 Å². The molecule has 0 bridgehead atoms. The van der Waals surface area contributed by atoms with Crippen LogP contribution in [0.2, 0.25) is 10.0 Å². The minimum atomic E-state index is -0.407. The summed E-state index contributed by atoms with van der Waals surface area (Å²) in [6.07, 6.45) is 0.189. The van der Waals surface area contributed by atoms with Gasteiger partial charge in [-0.15, -0.1) is 0 Å². The van der Waals surface area contributed by atoms with Gasteiger partial charge in [-0.2, -0.15) is 0 Å². The third-order valence-electron chi connectivity index (χ3n) is 3.94. The molecule has 0 spiro atoms. The average Bonchev–Trinajstić information content (AvgIpc) is 2.88. The molecule has 1 heterocycles. The number of hydrogen-bond donors (Lipinski definition) is 1. The Labute approximate surface area is 150 Å². The first kappa shape index (κ1) is 16.8. The number of nitrogens with zero attached hydrogens (tertiary/aromatic N) is 1. The smallest absolute Gasteiger partial charge is 0.229 e. The van der Waals surface area contributed by atoms with Gasteiger partial charge in [0, 0.05) is 34.4 Å². The molecule has 0 aromatic heterocycles. The normalized spacial score (nSPS) is 17.2. The molecule has 6 heteroatoms. The van der Waals surface area contributed by atoms with Gasteiger partial charge in [-0.1, -0.05) is 35.3 Å². The van der Waals surface area contributed by atoms with Crippen molar-refractivity contribution in [1.82, 2.24) is 0 Å². The van der Waals surface area contributed by atoms with Crippen molar-refractivity contribution in [2.24, 2.45) is 5.92 Å². The molecule has 124 valence electrons. The van der Waals surface area contributed by atoms with Gasteiger partial charge in [0.2, 0.25) is 11.8 Å².